The van der Waals surface area contributed by atoms with Crippen LogP contribution < -0.4 is 5.73 Å². The summed E-state index contributed by atoms with van der Waals surface area (Å²) in [6.45, 7) is 0. The van der Waals surface area contributed by atoms with Crippen LogP contribution in [0.4, 0.5) is 4.39 Å². The van der Waals surface area contributed by atoms with Crippen molar-refractivity contribution in [1.82, 2.24) is 0 Å². The second-order valence-corrected chi connectivity index (χ2v) is 4.88. The summed E-state index contributed by atoms with van der Waals surface area (Å²) in [6, 6.07) is 6.42. The zero-order chi connectivity index (χ0) is 11.6. The lowest BCUT2D eigenvalue weighted by atomic mass is 9.78. The molecular weight excluding hydrogens is 205 g/mol. The number of nitrogens with two attached hydrogens (primary N) is 1. The Labute approximate surface area is 95.3 Å². The normalized spacial score (nSPS) is 30.3. The van der Waals surface area contributed by atoms with E-state index in [1.54, 1.807) is 12.1 Å². The van der Waals surface area contributed by atoms with E-state index in [1.807, 2.05) is 0 Å². The average molecular weight is 223 g/mol. The van der Waals surface area contributed by atoms with Crippen molar-refractivity contribution in [2.75, 3.05) is 0 Å². The van der Waals surface area contributed by atoms with E-state index in [2.05, 4.69) is 0 Å². The van der Waals surface area contributed by atoms with Crippen molar-refractivity contribution in [2.45, 2.75) is 43.7 Å². The van der Waals surface area contributed by atoms with E-state index in [0.717, 1.165) is 24.8 Å². The van der Waals surface area contributed by atoms with Crippen molar-refractivity contribution in [3.05, 3.63) is 35.6 Å². The molecule has 1 fully saturated rings. The average Bonchev–Trinajstić information content (AvgIpc) is 2.21. The first-order valence-corrected chi connectivity index (χ1v) is 5.80. The van der Waals surface area contributed by atoms with Gasteiger partial charge in [-0.25, -0.2) is 4.39 Å². The maximum absolute atomic E-state index is 12.7. The van der Waals surface area contributed by atoms with Crippen molar-refractivity contribution in [3.63, 3.8) is 0 Å². The van der Waals surface area contributed by atoms with E-state index in [9.17, 15) is 9.50 Å². The van der Waals surface area contributed by atoms with Gasteiger partial charge in [0.15, 0.2) is 0 Å². The largest absolute Gasteiger partial charge is 0.389 e. The van der Waals surface area contributed by atoms with E-state index in [4.69, 9.17) is 5.73 Å². The van der Waals surface area contributed by atoms with Crippen LogP contribution in [0.5, 0.6) is 0 Å². The first kappa shape index (κ1) is 11.6. The van der Waals surface area contributed by atoms with E-state index in [-0.39, 0.29) is 11.9 Å². The van der Waals surface area contributed by atoms with Crippen LogP contribution in [0.3, 0.4) is 0 Å². The number of rotatable bonds is 2. The Kier molecular flexibility index (Phi) is 3.26. The molecule has 3 N–H and O–H groups in total. The van der Waals surface area contributed by atoms with E-state index in [0.29, 0.717) is 12.8 Å². The molecule has 3 heteroatoms. The van der Waals surface area contributed by atoms with Gasteiger partial charge in [0.05, 0.1) is 5.60 Å². The smallest absolute Gasteiger partial charge is 0.123 e. The van der Waals surface area contributed by atoms with Crippen molar-refractivity contribution in [3.8, 4) is 0 Å². The summed E-state index contributed by atoms with van der Waals surface area (Å²) in [4.78, 5) is 0. The van der Waals surface area contributed by atoms with E-state index in [1.165, 1.54) is 12.1 Å². The molecule has 16 heavy (non-hydrogen) atoms. The highest BCUT2D eigenvalue weighted by Gasteiger charge is 2.32. The summed E-state index contributed by atoms with van der Waals surface area (Å²) < 4.78 is 12.7. The van der Waals surface area contributed by atoms with Gasteiger partial charge in [-0.1, -0.05) is 12.1 Å². The van der Waals surface area contributed by atoms with Crippen molar-refractivity contribution in [1.29, 1.82) is 0 Å². The van der Waals surface area contributed by atoms with Crippen LogP contribution in [-0.2, 0) is 6.42 Å². The van der Waals surface area contributed by atoms with Gasteiger partial charge in [0.2, 0.25) is 0 Å². The molecular formula is C13H18FNO. The quantitative estimate of drug-likeness (QED) is 0.805. The third-order valence-electron chi connectivity index (χ3n) is 3.31. The van der Waals surface area contributed by atoms with Gasteiger partial charge >= 0.3 is 0 Å². The minimum Gasteiger partial charge on any atom is -0.389 e. The van der Waals surface area contributed by atoms with Gasteiger partial charge in [-0.3, -0.25) is 0 Å². The van der Waals surface area contributed by atoms with Gasteiger partial charge < -0.3 is 10.8 Å². The lowest BCUT2D eigenvalue weighted by molar-refractivity contribution is -0.00192. The predicted octanol–water partition coefficient (Wildman–Crippen LogP) is 2.00. The highest BCUT2D eigenvalue weighted by atomic mass is 19.1. The summed E-state index contributed by atoms with van der Waals surface area (Å²) >= 11 is 0. The zero-order valence-electron chi connectivity index (χ0n) is 9.32. The van der Waals surface area contributed by atoms with E-state index < -0.39 is 5.60 Å². The molecule has 0 aliphatic heterocycles. The predicted molar refractivity (Wildman–Crippen MR) is 61.5 cm³/mol. The fourth-order valence-corrected chi connectivity index (χ4v) is 2.53. The lowest BCUT2D eigenvalue weighted by Crippen LogP contribution is -2.42. The molecule has 1 saturated carbocycles. The molecule has 0 heterocycles. The number of hydrogen-bond donors (Lipinski definition) is 2. The molecule has 2 atom stereocenters. The van der Waals surface area contributed by atoms with Gasteiger partial charge in [-0.05, 0) is 43.4 Å². The Morgan fingerprint density at radius 2 is 2.06 bits per heavy atom. The molecule has 0 spiro atoms. The fourth-order valence-electron chi connectivity index (χ4n) is 2.53. The highest BCUT2D eigenvalue weighted by molar-refractivity contribution is 5.18. The van der Waals surface area contributed by atoms with Gasteiger partial charge in [-0.15, -0.1) is 0 Å². The molecule has 0 bridgehead atoms. The third kappa shape index (κ3) is 2.80. The minimum atomic E-state index is -0.699. The number of halogens is 1. The second kappa shape index (κ2) is 4.52. The summed E-state index contributed by atoms with van der Waals surface area (Å²) in [5.41, 5.74) is 6.14. The Hall–Kier alpha value is -0.930. The summed E-state index contributed by atoms with van der Waals surface area (Å²) in [5, 5.41) is 10.4. The SMILES string of the molecule is NC1CCCC(O)(Cc2ccc(F)cc2)C1. The van der Waals surface area contributed by atoms with Crippen LogP contribution in [0.2, 0.25) is 0 Å². The summed E-state index contributed by atoms with van der Waals surface area (Å²) in [6.07, 6.45) is 3.97. The molecule has 1 aliphatic carbocycles. The molecule has 2 rings (SSSR count). The van der Waals surface area contributed by atoms with Gasteiger partial charge in [0.1, 0.15) is 5.82 Å². The Morgan fingerprint density at radius 3 is 2.69 bits per heavy atom. The van der Waals surface area contributed by atoms with Crippen molar-refractivity contribution in [2.24, 2.45) is 5.73 Å². The maximum atomic E-state index is 12.7. The molecule has 0 radical (unpaired) electrons. The summed E-state index contributed by atoms with van der Waals surface area (Å²) in [5.74, 6) is -0.240. The van der Waals surface area contributed by atoms with Crippen molar-refractivity contribution < 1.29 is 9.50 Å². The maximum Gasteiger partial charge on any atom is 0.123 e. The van der Waals surface area contributed by atoms with Crippen LogP contribution in [0.15, 0.2) is 24.3 Å². The van der Waals surface area contributed by atoms with Crippen LogP contribution in [-0.4, -0.2) is 16.7 Å². The van der Waals surface area contributed by atoms with Gasteiger partial charge in [-0.2, -0.15) is 0 Å². The highest BCUT2D eigenvalue weighted by Crippen LogP contribution is 2.30. The number of benzene rings is 1. The Bertz CT molecular complexity index is 351. The van der Waals surface area contributed by atoms with Crippen LogP contribution in [0.25, 0.3) is 0 Å². The fraction of sp³-hybridized carbons (Fsp3) is 0.538. The molecule has 2 unspecified atom stereocenters. The summed E-state index contributed by atoms with van der Waals surface area (Å²) in [7, 11) is 0. The molecule has 0 amide bonds. The topological polar surface area (TPSA) is 46.2 Å². The standard InChI is InChI=1S/C13H18FNO/c14-11-5-3-10(4-6-11)8-13(16)7-1-2-12(15)9-13/h3-6,12,16H,1-2,7-9,15H2. The van der Waals surface area contributed by atoms with Crippen molar-refractivity contribution >= 4 is 0 Å². The zero-order valence-corrected chi connectivity index (χ0v) is 9.32. The monoisotopic (exact) mass is 223 g/mol. The lowest BCUT2D eigenvalue weighted by Gasteiger charge is -2.35. The number of aliphatic hydroxyl groups is 1. The first-order valence-electron chi connectivity index (χ1n) is 5.80. The molecule has 2 nitrogen and oxygen atoms in total. The molecule has 1 aromatic carbocycles. The Morgan fingerprint density at radius 1 is 1.38 bits per heavy atom. The van der Waals surface area contributed by atoms with Crippen LogP contribution in [0, 0.1) is 5.82 Å². The van der Waals surface area contributed by atoms with E-state index >= 15 is 0 Å². The molecule has 0 saturated heterocycles. The van der Waals surface area contributed by atoms with Crippen LogP contribution in [0.1, 0.15) is 31.2 Å². The molecule has 88 valence electrons. The van der Waals surface area contributed by atoms with Gasteiger partial charge in [0.25, 0.3) is 0 Å². The molecule has 1 aromatic rings. The molecule has 0 aromatic heterocycles. The van der Waals surface area contributed by atoms with Gasteiger partial charge in [0, 0.05) is 12.5 Å². The first-order chi connectivity index (χ1) is 7.57. The Balaban J connectivity index is 2.05. The minimum absolute atomic E-state index is 0.0965. The molecule has 1 aliphatic rings. The van der Waals surface area contributed by atoms with Crippen LogP contribution >= 0.6 is 0 Å². The third-order valence-corrected chi connectivity index (χ3v) is 3.31. The second-order valence-electron chi connectivity index (χ2n) is 4.88. The number of hydrogen-bond acceptors (Lipinski definition) is 2.